The van der Waals surface area contributed by atoms with Gasteiger partial charge in [0, 0.05) is 28.8 Å². The third-order valence-electron chi connectivity index (χ3n) is 3.08. The van der Waals surface area contributed by atoms with Crippen LogP contribution in [0.5, 0.6) is 0 Å². The second-order valence-electron chi connectivity index (χ2n) is 4.35. The number of aryl methyl sites for hydroxylation is 1. The molecule has 1 nitrogen and oxygen atoms in total. The maximum atomic E-state index is 6.27. The van der Waals surface area contributed by atoms with Crippen molar-refractivity contribution in [3.8, 4) is 0 Å². The first-order valence-electron chi connectivity index (χ1n) is 6.26. The Labute approximate surface area is 122 Å². The zero-order valence-corrected chi connectivity index (χ0v) is 12.0. The van der Waals surface area contributed by atoms with Crippen molar-refractivity contribution < 1.29 is 0 Å². The van der Waals surface area contributed by atoms with Crippen molar-refractivity contribution in [2.75, 3.05) is 5.75 Å². The van der Waals surface area contributed by atoms with Crippen molar-refractivity contribution in [1.29, 1.82) is 0 Å². The van der Waals surface area contributed by atoms with Crippen LogP contribution in [-0.2, 0) is 6.54 Å². The highest BCUT2D eigenvalue weighted by Gasteiger charge is 2.04. The fraction of sp³-hybridized carbons (Fsp3) is 0.125. The Morgan fingerprint density at radius 2 is 1.79 bits per heavy atom. The van der Waals surface area contributed by atoms with E-state index in [9.17, 15) is 0 Å². The Morgan fingerprint density at radius 1 is 0.947 bits per heavy atom. The van der Waals surface area contributed by atoms with Crippen molar-refractivity contribution in [2.45, 2.75) is 11.4 Å². The van der Waals surface area contributed by atoms with Gasteiger partial charge in [0.1, 0.15) is 0 Å². The number of aromatic nitrogens is 1. The second-order valence-corrected chi connectivity index (χ2v) is 5.92. The first kappa shape index (κ1) is 12.6. The summed E-state index contributed by atoms with van der Waals surface area (Å²) in [5.74, 6) is 1.04. The van der Waals surface area contributed by atoms with Gasteiger partial charge in [-0.1, -0.05) is 41.9 Å². The molecule has 96 valence electrons. The average Bonchev–Trinajstić information content (AvgIpc) is 2.85. The summed E-state index contributed by atoms with van der Waals surface area (Å²) < 4.78 is 2.23. The van der Waals surface area contributed by atoms with Crippen LogP contribution in [0.1, 0.15) is 0 Å². The third-order valence-corrected chi connectivity index (χ3v) is 4.38. The zero-order chi connectivity index (χ0) is 13.1. The third kappa shape index (κ3) is 2.80. The van der Waals surface area contributed by atoms with Gasteiger partial charge in [0.2, 0.25) is 0 Å². The van der Waals surface area contributed by atoms with Gasteiger partial charge >= 0.3 is 0 Å². The van der Waals surface area contributed by atoms with Crippen molar-refractivity contribution in [1.82, 2.24) is 4.57 Å². The van der Waals surface area contributed by atoms with E-state index in [0.717, 1.165) is 22.8 Å². The van der Waals surface area contributed by atoms with Gasteiger partial charge in [-0.2, -0.15) is 0 Å². The maximum absolute atomic E-state index is 6.27. The Hall–Kier alpha value is -1.38. The minimum Gasteiger partial charge on any atom is -0.345 e. The standard InChI is InChI=1S/C16H14ClNS/c17-15-8-4-5-13-9-10-18(16(13)15)11-12-19-14-6-2-1-3-7-14/h1-10H,11-12H2. The van der Waals surface area contributed by atoms with Gasteiger partial charge < -0.3 is 4.57 Å². The molecule has 0 aliphatic rings. The Balaban J connectivity index is 1.72. The van der Waals surface area contributed by atoms with E-state index in [1.807, 2.05) is 30.0 Å². The molecular formula is C16H14ClNS. The Kier molecular flexibility index (Phi) is 3.81. The molecule has 0 unspecified atom stereocenters. The number of hydrogen-bond donors (Lipinski definition) is 0. The van der Waals surface area contributed by atoms with E-state index in [4.69, 9.17) is 11.6 Å². The summed E-state index contributed by atoms with van der Waals surface area (Å²) in [5, 5.41) is 2.03. The molecular weight excluding hydrogens is 274 g/mol. The number of fused-ring (bicyclic) bond motifs is 1. The first-order chi connectivity index (χ1) is 9.34. The van der Waals surface area contributed by atoms with Crippen LogP contribution in [-0.4, -0.2) is 10.3 Å². The second kappa shape index (κ2) is 5.72. The first-order valence-corrected chi connectivity index (χ1v) is 7.62. The lowest BCUT2D eigenvalue weighted by atomic mass is 10.2. The molecule has 0 fully saturated rings. The van der Waals surface area contributed by atoms with Crippen LogP contribution in [0.3, 0.4) is 0 Å². The molecule has 2 aromatic carbocycles. The van der Waals surface area contributed by atoms with Gasteiger partial charge in [-0.25, -0.2) is 0 Å². The van der Waals surface area contributed by atoms with Gasteiger partial charge in [-0.3, -0.25) is 0 Å². The highest BCUT2D eigenvalue weighted by atomic mass is 35.5. The van der Waals surface area contributed by atoms with Crippen molar-refractivity contribution in [3.05, 3.63) is 65.8 Å². The Morgan fingerprint density at radius 3 is 2.63 bits per heavy atom. The molecule has 3 heteroatoms. The zero-order valence-electron chi connectivity index (χ0n) is 10.4. The van der Waals surface area contributed by atoms with Crippen LogP contribution >= 0.6 is 23.4 Å². The topological polar surface area (TPSA) is 4.93 Å². The molecule has 0 amide bonds. The summed E-state index contributed by atoms with van der Waals surface area (Å²) >= 11 is 8.14. The number of halogens is 1. The molecule has 0 bridgehead atoms. The lowest BCUT2D eigenvalue weighted by molar-refractivity contribution is 0.807. The van der Waals surface area contributed by atoms with E-state index < -0.39 is 0 Å². The van der Waals surface area contributed by atoms with E-state index >= 15 is 0 Å². The van der Waals surface area contributed by atoms with Gasteiger partial charge in [-0.15, -0.1) is 11.8 Å². The average molecular weight is 288 g/mol. The molecule has 0 saturated carbocycles. The molecule has 0 aliphatic heterocycles. The predicted molar refractivity (Wildman–Crippen MR) is 84.1 cm³/mol. The van der Waals surface area contributed by atoms with E-state index in [-0.39, 0.29) is 0 Å². The van der Waals surface area contributed by atoms with Crippen molar-refractivity contribution in [3.63, 3.8) is 0 Å². The normalized spacial score (nSPS) is 11.0. The Bertz CT molecular complexity index is 676. The van der Waals surface area contributed by atoms with E-state index in [1.54, 1.807) is 0 Å². The molecule has 0 saturated heterocycles. The number of para-hydroxylation sites is 1. The SMILES string of the molecule is Clc1cccc2ccn(CCSc3ccccc3)c12. The fourth-order valence-corrected chi connectivity index (χ4v) is 3.34. The molecule has 0 N–H and O–H groups in total. The van der Waals surface area contributed by atoms with Gasteiger partial charge in [0.05, 0.1) is 10.5 Å². The number of rotatable bonds is 4. The maximum Gasteiger partial charge on any atom is 0.0669 e. The molecule has 0 radical (unpaired) electrons. The lowest BCUT2D eigenvalue weighted by Crippen LogP contribution is -1.98. The molecule has 1 heterocycles. The van der Waals surface area contributed by atoms with Crippen LogP contribution < -0.4 is 0 Å². The molecule has 0 atom stereocenters. The van der Waals surface area contributed by atoms with Crippen molar-refractivity contribution in [2.24, 2.45) is 0 Å². The predicted octanol–water partition coefficient (Wildman–Crippen LogP) is 5.09. The van der Waals surface area contributed by atoms with Gasteiger partial charge in [0.25, 0.3) is 0 Å². The quantitative estimate of drug-likeness (QED) is 0.605. The van der Waals surface area contributed by atoms with E-state index in [0.29, 0.717) is 0 Å². The molecule has 1 aromatic heterocycles. The molecule has 3 aromatic rings. The molecule has 19 heavy (non-hydrogen) atoms. The van der Waals surface area contributed by atoms with Crippen LogP contribution in [0.2, 0.25) is 5.02 Å². The van der Waals surface area contributed by atoms with Crippen LogP contribution in [0.25, 0.3) is 10.9 Å². The van der Waals surface area contributed by atoms with Crippen LogP contribution in [0, 0.1) is 0 Å². The fourth-order valence-electron chi connectivity index (χ4n) is 2.18. The summed E-state index contributed by atoms with van der Waals surface area (Å²) in [6.07, 6.45) is 2.11. The highest BCUT2D eigenvalue weighted by Crippen LogP contribution is 2.25. The molecule has 0 aliphatic carbocycles. The largest absolute Gasteiger partial charge is 0.345 e. The van der Waals surface area contributed by atoms with Gasteiger partial charge in [-0.05, 0) is 24.3 Å². The van der Waals surface area contributed by atoms with E-state index in [1.165, 1.54) is 10.3 Å². The smallest absolute Gasteiger partial charge is 0.0669 e. The molecule has 0 spiro atoms. The van der Waals surface area contributed by atoms with Gasteiger partial charge in [0.15, 0.2) is 0 Å². The number of nitrogens with zero attached hydrogens (tertiary/aromatic N) is 1. The minimum absolute atomic E-state index is 0.826. The van der Waals surface area contributed by atoms with E-state index in [2.05, 4.69) is 47.2 Å². The highest BCUT2D eigenvalue weighted by molar-refractivity contribution is 7.99. The summed E-state index contributed by atoms with van der Waals surface area (Å²) in [4.78, 5) is 1.31. The lowest BCUT2D eigenvalue weighted by Gasteiger charge is -2.06. The summed E-state index contributed by atoms with van der Waals surface area (Å²) in [6, 6.07) is 18.6. The molecule has 3 rings (SSSR count). The summed E-state index contributed by atoms with van der Waals surface area (Å²) in [6.45, 7) is 0.965. The summed E-state index contributed by atoms with van der Waals surface area (Å²) in [7, 11) is 0. The summed E-state index contributed by atoms with van der Waals surface area (Å²) in [5.41, 5.74) is 1.14. The number of benzene rings is 2. The van der Waals surface area contributed by atoms with Crippen LogP contribution in [0.4, 0.5) is 0 Å². The van der Waals surface area contributed by atoms with Crippen molar-refractivity contribution >= 4 is 34.3 Å². The minimum atomic E-state index is 0.826. The van der Waals surface area contributed by atoms with Crippen LogP contribution in [0.15, 0.2) is 65.7 Å². The number of hydrogen-bond acceptors (Lipinski definition) is 1. The number of thioether (sulfide) groups is 1. The monoisotopic (exact) mass is 287 g/mol.